The Morgan fingerprint density at radius 3 is 2.54 bits per heavy atom. The van der Waals surface area contributed by atoms with Gasteiger partial charge in [0.05, 0.1) is 0 Å². The summed E-state index contributed by atoms with van der Waals surface area (Å²) in [6.07, 6.45) is 5.41. The molecule has 0 aliphatic heterocycles. The lowest BCUT2D eigenvalue weighted by molar-refractivity contribution is -0.142. The summed E-state index contributed by atoms with van der Waals surface area (Å²) in [7, 11) is 0. The highest BCUT2D eigenvalue weighted by Crippen LogP contribution is 2.05. The Bertz CT molecular complexity index is 618. The van der Waals surface area contributed by atoms with Gasteiger partial charge in [0.2, 0.25) is 5.91 Å². The summed E-state index contributed by atoms with van der Waals surface area (Å²) >= 11 is 0. The van der Waals surface area contributed by atoms with Crippen LogP contribution in [-0.2, 0) is 20.9 Å². The largest absolute Gasteiger partial charge is 0.480 e. The molecule has 1 atom stereocenters. The molecule has 0 unspecified atom stereocenters. The second-order valence-electron chi connectivity index (χ2n) is 6.48. The van der Waals surface area contributed by atoms with Gasteiger partial charge in [-0.2, -0.15) is 0 Å². The van der Waals surface area contributed by atoms with Crippen LogP contribution in [-0.4, -0.2) is 35.7 Å². The highest BCUT2D eigenvalue weighted by molar-refractivity contribution is 5.83. The average Bonchev–Trinajstić information content (AvgIpc) is 2.69. The lowest BCUT2D eigenvalue weighted by Crippen LogP contribution is -2.40. The lowest BCUT2D eigenvalue weighted by atomic mass is 10.1. The van der Waals surface area contributed by atoms with Gasteiger partial charge >= 0.3 is 12.1 Å². The van der Waals surface area contributed by atoms with Crippen LogP contribution in [0.4, 0.5) is 4.79 Å². The number of ether oxygens (including phenoxy) is 1. The SMILES string of the molecule is C=CCCC[C@@H](NC(=O)CCCCCNC(=O)OCc1ccccc1)C(=O)O. The van der Waals surface area contributed by atoms with E-state index in [1.54, 1.807) is 6.08 Å². The molecule has 7 heteroatoms. The molecular weight excluding hydrogens is 360 g/mol. The number of carboxylic acid groups (broad SMARTS) is 1. The Kier molecular flexibility index (Phi) is 11.8. The summed E-state index contributed by atoms with van der Waals surface area (Å²) in [5.74, 6) is -1.28. The third-order valence-electron chi connectivity index (χ3n) is 4.10. The van der Waals surface area contributed by atoms with E-state index in [-0.39, 0.29) is 18.9 Å². The molecular formula is C21H30N2O5. The topological polar surface area (TPSA) is 105 Å². The van der Waals surface area contributed by atoms with Gasteiger partial charge in [-0.05, 0) is 37.7 Å². The maximum Gasteiger partial charge on any atom is 0.407 e. The van der Waals surface area contributed by atoms with Crippen LogP contribution in [0.15, 0.2) is 43.0 Å². The number of allylic oxidation sites excluding steroid dienone is 1. The number of benzene rings is 1. The van der Waals surface area contributed by atoms with Crippen molar-refractivity contribution < 1.29 is 24.2 Å². The second-order valence-corrected chi connectivity index (χ2v) is 6.48. The zero-order valence-electron chi connectivity index (χ0n) is 16.2. The highest BCUT2D eigenvalue weighted by atomic mass is 16.5. The summed E-state index contributed by atoms with van der Waals surface area (Å²) in [4.78, 5) is 34.6. The summed E-state index contributed by atoms with van der Waals surface area (Å²) in [5.41, 5.74) is 0.924. The van der Waals surface area contributed by atoms with E-state index < -0.39 is 18.1 Å². The van der Waals surface area contributed by atoms with E-state index >= 15 is 0 Å². The number of amides is 2. The number of unbranched alkanes of at least 4 members (excludes halogenated alkanes) is 3. The Morgan fingerprint density at radius 1 is 1.11 bits per heavy atom. The van der Waals surface area contributed by atoms with Crippen molar-refractivity contribution in [3.05, 3.63) is 48.6 Å². The molecule has 2 amide bonds. The van der Waals surface area contributed by atoms with E-state index in [1.165, 1.54) is 0 Å². The minimum Gasteiger partial charge on any atom is -0.480 e. The molecule has 7 nitrogen and oxygen atoms in total. The normalized spacial score (nSPS) is 11.3. The zero-order chi connectivity index (χ0) is 20.6. The first-order valence-electron chi connectivity index (χ1n) is 9.60. The lowest BCUT2D eigenvalue weighted by Gasteiger charge is -2.14. The van der Waals surface area contributed by atoms with Crippen LogP contribution in [0.3, 0.4) is 0 Å². The molecule has 0 radical (unpaired) electrons. The number of hydrogen-bond donors (Lipinski definition) is 3. The Balaban J connectivity index is 2.07. The first-order chi connectivity index (χ1) is 13.5. The number of nitrogens with one attached hydrogen (secondary N) is 2. The van der Waals surface area contributed by atoms with Crippen LogP contribution in [0.25, 0.3) is 0 Å². The van der Waals surface area contributed by atoms with Crippen molar-refractivity contribution in [1.29, 1.82) is 0 Å². The molecule has 0 saturated carbocycles. The van der Waals surface area contributed by atoms with E-state index in [0.717, 1.165) is 24.8 Å². The van der Waals surface area contributed by atoms with Gasteiger partial charge in [-0.1, -0.05) is 42.8 Å². The predicted molar refractivity (Wildman–Crippen MR) is 107 cm³/mol. The minimum atomic E-state index is -1.02. The van der Waals surface area contributed by atoms with Gasteiger partial charge in [-0.15, -0.1) is 6.58 Å². The molecule has 3 N–H and O–H groups in total. The quantitative estimate of drug-likeness (QED) is 0.334. The molecule has 1 aromatic carbocycles. The van der Waals surface area contributed by atoms with Gasteiger partial charge in [0.1, 0.15) is 12.6 Å². The number of hydrogen-bond acceptors (Lipinski definition) is 4. The number of aliphatic carboxylic acids is 1. The van der Waals surface area contributed by atoms with Gasteiger partial charge in [0.25, 0.3) is 0 Å². The second kappa shape index (κ2) is 14.3. The average molecular weight is 390 g/mol. The van der Waals surface area contributed by atoms with Crippen LogP contribution in [0, 0.1) is 0 Å². The van der Waals surface area contributed by atoms with Crippen LogP contribution in [0.2, 0.25) is 0 Å². The summed E-state index contributed by atoms with van der Waals surface area (Å²) < 4.78 is 5.10. The van der Waals surface area contributed by atoms with Gasteiger partial charge in [-0.25, -0.2) is 9.59 Å². The third kappa shape index (κ3) is 11.0. The number of carbonyl (C=O) groups is 3. The molecule has 28 heavy (non-hydrogen) atoms. The Morgan fingerprint density at radius 2 is 1.86 bits per heavy atom. The van der Waals surface area contributed by atoms with Gasteiger partial charge < -0.3 is 20.5 Å². The zero-order valence-corrected chi connectivity index (χ0v) is 16.2. The molecule has 154 valence electrons. The van der Waals surface area contributed by atoms with Crippen molar-refractivity contribution in [2.45, 2.75) is 57.6 Å². The molecule has 0 aliphatic carbocycles. The summed E-state index contributed by atoms with van der Waals surface area (Å²) in [6, 6.07) is 8.57. The Hall–Kier alpha value is -2.83. The Labute approximate surface area is 166 Å². The van der Waals surface area contributed by atoms with Crippen LogP contribution < -0.4 is 10.6 Å². The van der Waals surface area contributed by atoms with E-state index in [2.05, 4.69) is 17.2 Å². The monoisotopic (exact) mass is 390 g/mol. The maximum absolute atomic E-state index is 11.9. The van der Waals surface area contributed by atoms with E-state index in [1.807, 2.05) is 30.3 Å². The molecule has 0 fully saturated rings. The fourth-order valence-corrected chi connectivity index (χ4v) is 2.54. The van der Waals surface area contributed by atoms with Crippen molar-refractivity contribution in [2.24, 2.45) is 0 Å². The smallest absolute Gasteiger partial charge is 0.407 e. The van der Waals surface area contributed by atoms with Crippen molar-refractivity contribution in [1.82, 2.24) is 10.6 Å². The minimum absolute atomic E-state index is 0.227. The van der Waals surface area contributed by atoms with Gasteiger partial charge in [0.15, 0.2) is 0 Å². The molecule has 0 bridgehead atoms. The molecule has 0 aliphatic rings. The van der Waals surface area contributed by atoms with Crippen molar-refractivity contribution in [3.8, 4) is 0 Å². The van der Waals surface area contributed by atoms with Crippen molar-refractivity contribution >= 4 is 18.0 Å². The number of rotatable bonds is 14. The fraction of sp³-hybridized carbons (Fsp3) is 0.476. The third-order valence-corrected chi connectivity index (χ3v) is 4.10. The van der Waals surface area contributed by atoms with E-state index in [9.17, 15) is 14.4 Å². The summed E-state index contributed by atoms with van der Waals surface area (Å²) in [5, 5.41) is 14.4. The first kappa shape index (κ1) is 23.2. The highest BCUT2D eigenvalue weighted by Gasteiger charge is 2.18. The van der Waals surface area contributed by atoms with E-state index in [4.69, 9.17) is 9.84 Å². The molecule has 0 saturated heterocycles. The van der Waals surface area contributed by atoms with Crippen LogP contribution in [0.5, 0.6) is 0 Å². The number of alkyl carbamates (subject to hydrolysis) is 1. The number of carbonyl (C=O) groups excluding carboxylic acids is 2. The fourth-order valence-electron chi connectivity index (χ4n) is 2.54. The van der Waals surface area contributed by atoms with Gasteiger partial charge in [-0.3, -0.25) is 4.79 Å². The molecule has 1 rings (SSSR count). The first-order valence-corrected chi connectivity index (χ1v) is 9.60. The van der Waals surface area contributed by atoms with E-state index in [0.29, 0.717) is 25.8 Å². The number of carboxylic acids is 1. The molecule has 0 aromatic heterocycles. The van der Waals surface area contributed by atoms with Gasteiger partial charge in [0, 0.05) is 13.0 Å². The molecule has 0 heterocycles. The maximum atomic E-state index is 11.9. The van der Waals surface area contributed by atoms with Crippen molar-refractivity contribution in [2.75, 3.05) is 6.54 Å². The summed E-state index contributed by atoms with van der Waals surface area (Å²) in [6.45, 7) is 4.29. The van der Waals surface area contributed by atoms with Crippen LogP contribution in [0.1, 0.15) is 50.5 Å². The van der Waals surface area contributed by atoms with Crippen molar-refractivity contribution in [3.63, 3.8) is 0 Å². The standard InChI is InChI=1S/C21H30N2O5/c1-2-3-6-13-18(20(25)26)23-19(24)14-9-5-10-15-22-21(27)28-16-17-11-7-4-8-12-17/h2,4,7-8,11-12,18H,1,3,5-6,9-10,13-16H2,(H,22,27)(H,23,24)(H,25,26)/t18-/m1/s1. The van der Waals surface area contributed by atoms with Crippen LogP contribution >= 0.6 is 0 Å². The molecule has 1 aromatic rings. The molecule has 0 spiro atoms. The predicted octanol–water partition coefficient (Wildman–Crippen LogP) is 3.40.